The maximum absolute atomic E-state index is 12.6. The van der Waals surface area contributed by atoms with Crippen LogP contribution in [0.4, 0.5) is 0 Å². The SMILES string of the molecule is CC(NC(=O)c1ccc(-c2cnn(C)c2)cc1)C(=O)N1CCC2(CC1)CC2. The van der Waals surface area contributed by atoms with E-state index in [1.54, 1.807) is 29.9 Å². The van der Waals surface area contributed by atoms with Gasteiger partial charge in [-0.1, -0.05) is 12.1 Å². The number of benzene rings is 1. The van der Waals surface area contributed by atoms with Crippen LogP contribution >= 0.6 is 0 Å². The number of aromatic nitrogens is 2. The molecule has 0 radical (unpaired) electrons. The maximum Gasteiger partial charge on any atom is 0.251 e. The highest BCUT2D eigenvalue weighted by atomic mass is 16.2. The van der Waals surface area contributed by atoms with Crippen LogP contribution in [0.5, 0.6) is 0 Å². The fourth-order valence-corrected chi connectivity index (χ4v) is 3.88. The van der Waals surface area contributed by atoms with E-state index in [0.717, 1.165) is 37.1 Å². The number of rotatable bonds is 4. The summed E-state index contributed by atoms with van der Waals surface area (Å²) in [5.41, 5.74) is 3.11. The first-order valence-electron chi connectivity index (χ1n) is 9.65. The van der Waals surface area contributed by atoms with Crippen molar-refractivity contribution in [2.75, 3.05) is 13.1 Å². The van der Waals surface area contributed by atoms with Gasteiger partial charge in [-0.25, -0.2) is 0 Å². The van der Waals surface area contributed by atoms with Gasteiger partial charge in [0.05, 0.1) is 6.20 Å². The molecular weight excluding hydrogens is 340 g/mol. The van der Waals surface area contributed by atoms with Crippen molar-refractivity contribution in [1.82, 2.24) is 20.0 Å². The molecule has 1 atom stereocenters. The molecule has 27 heavy (non-hydrogen) atoms. The minimum atomic E-state index is -0.510. The Hall–Kier alpha value is -2.63. The van der Waals surface area contributed by atoms with Gasteiger partial charge in [0.15, 0.2) is 0 Å². The highest BCUT2D eigenvalue weighted by molar-refractivity contribution is 5.97. The van der Waals surface area contributed by atoms with Crippen molar-refractivity contribution in [3.05, 3.63) is 42.2 Å². The van der Waals surface area contributed by atoms with Crippen molar-refractivity contribution in [3.63, 3.8) is 0 Å². The molecule has 1 saturated carbocycles. The lowest BCUT2D eigenvalue weighted by atomic mass is 9.93. The Balaban J connectivity index is 1.34. The second kappa shape index (κ2) is 6.83. The third-order valence-corrected chi connectivity index (χ3v) is 6.00. The zero-order chi connectivity index (χ0) is 19.0. The zero-order valence-corrected chi connectivity index (χ0v) is 15.9. The summed E-state index contributed by atoms with van der Waals surface area (Å²) >= 11 is 0. The van der Waals surface area contributed by atoms with Gasteiger partial charge in [0.1, 0.15) is 6.04 Å². The lowest BCUT2D eigenvalue weighted by Crippen LogP contribution is -2.49. The summed E-state index contributed by atoms with van der Waals surface area (Å²) in [5.74, 6) is -0.199. The monoisotopic (exact) mass is 366 g/mol. The number of hydrogen-bond acceptors (Lipinski definition) is 3. The second-order valence-corrected chi connectivity index (χ2v) is 8.00. The smallest absolute Gasteiger partial charge is 0.251 e. The van der Waals surface area contributed by atoms with Gasteiger partial charge >= 0.3 is 0 Å². The van der Waals surface area contributed by atoms with E-state index in [-0.39, 0.29) is 11.8 Å². The number of nitrogens with one attached hydrogen (secondary N) is 1. The average Bonchev–Trinajstić information content (AvgIpc) is 3.29. The Labute approximate surface area is 159 Å². The Morgan fingerprint density at radius 2 is 1.74 bits per heavy atom. The van der Waals surface area contributed by atoms with Gasteiger partial charge in [-0.15, -0.1) is 0 Å². The van der Waals surface area contributed by atoms with Crippen LogP contribution in [0, 0.1) is 5.41 Å². The molecule has 1 aromatic heterocycles. The first kappa shape index (κ1) is 17.8. The molecule has 1 N–H and O–H groups in total. The van der Waals surface area contributed by atoms with Crippen molar-refractivity contribution < 1.29 is 9.59 Å². The summed E-state index contributed by atoms with van der Waals surface area (Å²) in [4.78, 5) is 27.1. The fraction of sp³-hybridized carbons (Fsp3) is 0.476. The van der Waals surface area contributed by atoms with E-state index < -0.39 is 6.04 Å². The number of piperidine rings is 1. The molecule has 1 unspecified atom stereocenters. The van der Waals surface area contributed by atoms with Crippen molar-refractivity contribution in [3.8, 4) is 11.1 Å². The molecular formula is C21H26N4O2. The van der Waals surface area contributed by atoms with Gasteiger partial charge in [0, 0.05) is 37.5 Å². The lowest BCUT2D eigenvalue weighted by molar-refractivity contribution is -0.134. The Morgan fingerprint density at radius 3 is 2.30 bits per heavy atom. The molecule has 4 rings (SSSR count). The van der Waals surface area contributed by atoms with Crippen molar-refractivity contribution in [2.24, 2.45) is 12.5 Å². The molecule has 1 aromatic carbocycles. The van der Waals surface area contributed by atoms with Gasteiger partial charge < -0.3 is 10.2 Å². The first-order chi connectivity index (χ1) is 13.0. The molecule has 2 fully saturated rings. The van der Waals surface area contributed by atoms with Crippen molar-refractivity contribution >= 4 is 11.8 Å². The third-order valence-electron chi connectivity index (χ3n) is 6.00. The van der Waals surface area contributed by atoms with E-state index in [1.807, 2.05) is 30.3 Å². The van der Waals surface area contributed by atoms with Crippen LogP contribution in [0.1, 0.15) is 43.0 Å². The third kappa shape index (κ3) is 3.75. The quantitative estimate of drug-likeness (QED) is 0.904. The highest BCUT2D eigenvalue weighted by Gasteiger charge is 2.45. The minimum absolute atomic E-state index is 0.0193. The normalized spacial score (nSPS) is 19.0. The van der Waals surface area contributed by atoms with Crippen LogP contribution < -0.4 is 5.32 Å². The second-order valence-electron chi connectivity index (χ2n) is 8.00. The first-order valence-corrected chi connectivity index (χ1v) is 9.65. The van der Waals surface area contributed by atoms with Gasteiger partial charge in [-0.3, -0.25) is 14.3 Å². The summed E-state index contributed by atoms with van der Waals surface area (Å²) in [7, 11) is 1.87. The van der Waals surface area contributed by atoms with Crippen LogP contribution in [0.25, 0.3) is 11.1 Å². The summed E-state index contributed by atoms with van der Waals surface area (Å²) in [5, 5.41) is 7.01. The molecule has 142 valence electrons. The van der Waals surface area contributed by atoms with Crippen LogP contribution in [0.3, 0.4) is 0 Å². The van der Waals surface area contributed by atoms with Crippen molar-refractivity contribution in [2.45, 2.75) is 38.6 Å². The van der Waals surface area contributed by atoms with E-state index in [9.17, 15) is 9.59 Å². The minimum Gasteiger partial charge on any atom is -0.341 e. The molecule has 6 heteroatoms. The Morgan fingerprint density at radius 1 is 1.07 bits per heavy atom. The largest absolute Gasteiger partial charge is 0.341 e. The maximum atomic E-state index is 12.6. The van der Waals surface area contributed by atoms with Crippen molar-refractivity contribution in [1.29, 1.82) is 0 Å². The molecule has 2 amide bonds. The Bertz CT molecular complexity index is 841. The van der Waals surface area contributed by atoms with Crippen LogP contribution in [-0.2, 0) is 11.8 Å². The summed E-state index contributed by atoms with van der Waals surface area (Å²) in [6.07, 6.45) is 8.57. The number of nitrogens with zero attached hydrogens (tertiary/aromatic N) is 3. The predicted molar refractivity (Wildman–Crippen MR) is 103 cm³/mol. The molecule has 1 aliphatic carbocycles. The topological polar surface area (TPSA) is 67.2 Å². The van der Waals surface area contributed by atoms with E-state index in [4.69, 9.17) is 0 Å². The van der Waals surface area contributed by atoms with Gasteiger partial charge in [0.2, 0.25) is 5.91 Å². The average molecular weight is 366 g/mol. The molecule has 2 heterocycles. The highest BCUT2D eigenvalue weighted by Crippen LogP contribution is 2.53. The molecule has 2 aromatic rings. The number of hydrogen-bond donors (Lipinski definition) is 1. The van der Waals surface area contributed by atoms with E-state index >= 15 is 0 Å². The number of carbonyl (C=O) groups is 2. The number of carbonyl (C=O) groups excluding carboxylic acids is 2. The molecule has 6 nitrogen and oxygen atoms in total. The molecule has 1 spiro atoms. The molecule has 1 saturated heterocycles. The zero-order valence-electron chi connectivity index (χ0n) is 15.9. The van der Waals surface area contributed by atoms with Crippen LogP contribution in [0.2, 0.25) is 0 Å². The van der Waals surface area contributed by atoms with Gasteiger partial charge in [-0.2, -0.15) is 5.10 Å². The van der Waals surface area contributed by atoms with E-state index in [0.29, 0.717) is 11.0 Å². The van der Waals surface area contributed by atoms with E-state index in [2.05, 4.69) is 10.4 Å². The van der Waals surface area contributed by atoms with Gasteiger partial charge in [0.25, 0.3) is 5.91 Å². The lowest BCUT2D eigenvalue weighted by Gasteiger charge is -2.33. The summed E-state index contributed by atoms with van der Waals surface area (Å²) in [6, 6.07) is 6.86. The molecule has 1 aliphatic heterocycles. The van der Waals surface area contributed by atoms with Gasteiger partial charge in [-0.05, 0) is 55.7 Å². The van der Waals surface area contributed by atoms with E-state index in [1.165, 1.54) is 12.8 Å². The standard InChI is InChI=1S/C21H26N4O2/c1-15(20(27)25-11-9-21(7-8-21)10-12-25)23-19(26)17-5-3-16(4-6-17)18-13-22-24(2)14-18/h3-6,13-15H,7-12H2,1-2H3,(H,23,26). The number of amides is 2. The molecule has 2 aliphatic rings. The molecule has 0 bridgehead atoms. The number of aryl methyl sites for hydroxylation is 1. The summed E-state index contributed by atoms with van der Waals surface area (Å²) in [6.45, 7) is 3.41. The number of likely N-dealkylation sites (tertiary alicyclic amines) is 1. The fourth-order valence-electron chi connectivity index (χ4n) is 3.88. The Kier molecular flexibility index (Phi) is 4.50. The van der Waals surface area contributed by atoms with Crippen LogP contribution in [-0.4, -0.2) is 45.6 Å². The predicted octanol–water partition coefficient (Wildman–Crippen LogP) is 2.61. The van der Waals surface area contributed by atoms with Crippen LogP contribution in [0.15, 0.2) is 36.7 Å². The summed E-state index contributed by atoms with van der Waals surface area (Å²) < 4.78 is 1.74.